The van der Waals surface area contributed by atoms with E-state index in [1.54, 1.807) is 24.3 Å². The van der Waals surface area contributed by atoms with Crippen molar-refractivity contribution in [3.63, 3.8) is 0 Å². The van der Waals surface area contributed by atoms with Crippen LogP contribution in [-0.4, -0.2) is 31.6 Å². The van der Waals surface area contributed by atoms with Gasteiger partial charge in [0.25, 0.3) is 0 Å². The molecule has 17 heavy (non-hydrogen) atoms. The highest BCUT2D eigenvalue weighted by Gasteiger charge is 2.30. The molecular weight excluding hydrogens is 306 g/mol. The molecule has 0 spiro atoms. The second kappa shape index (κ2) is 4.88. The maximum atomic E-state index is 12.3. The fourth-order valence-electron chi connectivity index (χ4n) is 1.81. The zero-order chi connectivity index (χ0) is 12.5. The Bertz CT molecular complexity index is 541. The van der Waals surface area contributed by atoms with Crippen LogP contribution in [0.25, 0.3) is 0 Å². The van der Waals surface area contributed by atoms with E-state index in [-0.39, 0.29) is 17.2 Å². The van der Waals surface area contributed by atoms with Gasteiger partial charge in [-0.3, -0.25) is 4.79 Å². The Labute approximate surface area is 109 Å². The van der Waals surface area contributed by atoms with Gasteiger partial charge in [-0.05, 0) is 34.5 Å². The number of ketones is 1. The third kappa shape index (κ3) is 2.59. The zero-order valence-corrected chi connectivity index (χ0v) is 11.5. The van der Waals surface area contributed by atoms with Gasteiger partial charge in [0.1, 0.15) is 5.78 Å². The lowest BCUT2D eigenvalue weighted by atomic mass is 10.1. The summed E-state index contributed by atoms with van der Waals surface area (Å²) in [6, 6.07) is 6.64. The molecule has 0 bridgehead atoms. The molecule has 1 fully saturated rings. The number of nitrogens with zero attached hydrogens (tertiary/aromatic N) is 1. The number of hydrogen-bond donors (Lipinski definition) is 0. The predicted molar refractivity (Wildman–Crippen MR) is 67.1 cm³/mol. The molecule has 0 N–H and O–H groups in total. The first-order valence-corrected chi connectivity index (χ1v) is 7.51. The van der Waals surface area contributed by atoms with Crippen molar-refractivity contribution in [2.45, 2.75) is 17.7 Å². The highest BCUT2D eigenvalue weighted by molar-refractivity contribution is 9.10. The molecule has 1 aromatic rings. The van der Waals surface area contributed by atoms with E-state index in [1.165, 1.54) is 4.31 Å². The summed E-state index contributed by atoms with van der Waals surface area (Å²) in [7, 11) is -3.56. The summed E-state index contributed by atoms with van der Waals surface area (Å²) in [5.41, 5.74) is 0. The van der Waals surface area contributed by atoms with Crippen LogP contribution in [-0.2, 0) is 14.8 Å². The average Bonchev–Trinajstić information content (AvgIpc) is 2.29. The molecule has 92 valence electrons. The SMILES string of the molecule is O=C1CCCN(S(=O)(=O)c2ccccc2Br)C1. The summed E-state index contributed by atoms with van der Waals surface area (Å²) >= 11 is 3.22. The Morgan fingerprint density at radius 1 is 1.24 bits per heavy atom. The molecule has 4 nitrogen and oxygen atoms in total. The Morgan fingerprint density at radius 2 is 1.94 bits per heavy atom. The van der Waals surface area contributed by atoms with Crippen LogP contribution in [0.5, 0.6) is 0 Å². The molecule has 0 amide bonds. The molecule has 1 aromatic carbocycles. The van der Waals surface area contributed by atoms with Crippen molar-refractivity contribution in [2.24, 2.45) is 0 Å². The fourth-order valence-corrected chi connectivity index (χ4v) is 4.23. The van der Waals surface area contributed by atoms with Crippen LogP contribution in [0.15, 0.2) is 33.6 Å². The number of hydrogen-bond acceptors (Lipinski definition) is 3. The average molecular weight is 318 g/mol. The largest absolute Gasteiger partial charge is 0.298 e. The number of piperidine rings is 1. The Hall–Kier alpha value is -0.720. The molecule has 1 saturated heterocycles. The van der Waals surface area contributed by atoms with Crippen molar-refractivity contribution in [3.8, 4) is 0 Å². The number of sulfonamides is 1. The molecule has 0 unspecified atom stereocenters. The number of carbonyl (C=O) groups excluding carboxylic acids is 1. The van der Waals surface area contributed by atoms with E-state index < -0.39 is 10.0 Å². The first kappa shape index (κ1) is 12.7. The molecular formula is C11H12BrNO3S. The van der Waals surface area contributed by atoms with Crippen molar-refractivity contribution in [2.75, 3.05) is 13.1 Å². The Kier molecular flexibility index (Phi) is 3.65. The lowest BCUT2D eigenvalue weighted by molar-refractivity contribution is -0.120. The van der Waals surface area contributed by atoms with Crippen LogP contribution in [0.2, 0.25) is 0 Å². The smallest absolute Gasteiger partial charge is 0.244 e. The van der Waals surface area contributed by atoms with Crippen LogP contribution >= 0.6 is 15.9 Å². The van der Waals surface area contributed by atoms with E-state index >= 15 is 0 Å². The van der Waals surface area contributed by atoms with Crippen LogP contribution in [0, 0.1) is 0 Å². The van der Waals surface area contributed by atoms with Gasteiger partial charge >= 0.3 is 0 Å². The summed E-state index contributed by atoms with van der Waals surface area (Å²) in [6.45, 7) is 0.402. The van der Waals surface area contributed by atoms with Gasteiger partial charge in [0.2, 0.25) is 10.0 Å². The van der Waals surface area contributed by atoms with Gasteiger partial charge in [-0.1, -0.05) is 12.1 Å². The van der Waals surface area contributed by atoms with Crippen molar-refractivity contribution in [1.82, 2.24) is 4.31 Å². The minimum atomic E-state index is -3.56. The molecule has 1 aliphatic rings. The summed E-state index contributed by atoms with van der Waals surface area (Å²) < 4.78 is 26.4. The highest BCUT2D eigenvalue weighted by Crippen LogP contribution is 2.26. The van der Waals surface area contributed by atoms with Crippen LogP contribution in [0.3, 0.4) is 0 Å². The van der Waals surface area contributed by atoms with Crippen molar-refractivity contribution < 1.29 is 13.2 Å². The van der Waals surface area contributed by atoms with Crippen LogP contribution in [0.4, 0.5) is 0 Å². The number of Topliss-reactive ketones (excluding diaryl/α,β-unsaturated/α-hetero) is 1. The van der Waals surface area contributed by atoms with Crippen molar-refractivity contribution >= 4 is 31.7 Å². The van der Waals surface area contributed by atoms with Gasteiger partial charge in [0.15, 0.2) is 0 Å². The van der Waals surface area contributed by atoms with Crippen LogP contribution in [0.1, 0.15) is 12.8 Å². The fraction of sp³-hybridized carbons (Fsp3) is 0.364. The first-order valence-electron chi connectivity index (χ1n) is 5.28. The molecule has 0 aromatic heterocycles. The molecule has 0 saturated carbocycles. The molecule has 0 radical (unpaired) electrons. The number of halogens is 1. The summed E-state index contributed by atoms with van der Waals surface area (Å²) in [5, 5.41) is 0. The minimum Gasteiger partial charge on any atom is -0.298 e. The third-order valence-corrected chi connectivity index (χ3v) is 5.53. The monoisotopic (exact) mass is 317 g/mol. The van der Waals surface area contributed by atoms with E-state index in [9.17, 15) is 13.2 Å². The summed E-state index contributed by atoms with van der Waals surface area (Å²) in [5.74, 6) is -0.0214. The quantitative estimate of drug-likeness (QED) is 0.835. The molecule has 2 rings (SSSR count). The zero-order valence-electron chi connectivity index (χ0n) is 9.10. The number of benzene rings is 1. The van der Waals surface area contributed by atoms with E-state index in [4.69, 9.17) is 0 Å². The Balaban J connectivity index is 2.36. The minimum absolute atomic E-state index is 0.0103. The van der Waals surface area contributed by atoms with Crippen molar-refractivity contribution in [3.05, 3.63) is 28.7 Å². The first-order chi connectivity index (χ1) is 8.01. The second-order valence-electron chi connectivity index (χ2n) is 3.91. The standard InChI is InChI=1S/C11H12BrNO3S/c12-10-5-1-2-6-11(10)17(15,16)13-7-3-4-9(14)8-13/h1-2,5-6H,3-4,7-8H2. The summed E-state index contributed by atoms with van der Waals surface area (Å²) in [6.07, 6.45) is 1.07. The molecule has 0 atom stereocenters. The highest BCUT2D eigenvalue weighted by atomic mass is 79.9. The Morgan fingerprint density at radius 3 is 2.59 bits per heavy atom. The van der Waals surface area contributed by atoms with E-state index in [0.29, 0.717) is 23.9 Å². The normalized spacial score (nSPS) is 18.3. The second-order valence-corrected chi connectivity index (χ2v) is 6.67. The van der Waals surface area contributed by atoms with Gasteiger partial charge in [0.05, 0.1) is 11.4 Å². The molecule has 0 aliphatic carbocycles. The van der Waals surface area contributed by atoms with Gasteiger partial charge in [-0.2, -0.15) is 4.31 Å². The van der Waals surface area contributed by atoms with E-state index in [2.05, 4.69) is 15.9 Å². The van der Waals surface area contributed by atoms with Gasteiger partial charge in [-0.25, -0.2) is 8.42 Å². The van der Waals surface area contributed by atoms with Gasteiger partial charge in [-0.15, -0.1) is 0 Å². The number of carbonyl (C=O) groups is 1. The van der Waals surface area contributed by atoms with Gasteiger partial charge < -0.3 is 0 Å². The summed E-state index contributed by atoms with van der Waals surface area (Å²) in [4.78, 5) is 11.5. The number of rotatable bonds is 2. The van der Waals surface area contributed by atoms with Crippen LogP contribution < -0.4 is 0 Å². The predicted octanol–water partition coefficient (Wildman–Crippen LogP) is 1.80. The third-order valence-electron chi connectivity index (χ3n) is 2.67. The van der Waals surface area contributed by atoms with Gasteiger partial charge in [0, 0.05) is 17.4 Å². The maximum absolute atomic E-state index is 12.3. The van der Waals surface area contributed by atoms with E-state index in [0.717, 1.165) is 0 Å². The lowest BCUT2D eigenvalue weighted by Gasteiger charge is -2.25. The molecule has 1 aliphatic heterocycles. The molecule has 6 heteroatoms. The molecule has 1 heterocycles. The topological polar surface area (TPSA) is 54.5 Å². The maximum Gasteiger partial charge on any atom is 0.244 e. The lowest BCUT2D eigenvalue weighted by Crippen LogP contribution is -2.40. The van der Waals surface area contributed by atoms with Crippen molar-refractivity contribution in [1.29, 1.82) is 0 Å². The van der Waals surface area contributed by atoms with E-state index in [1.807, 2.05) is 0 Å².